The smallest absolute Gasteiger partial charge is 0.269 e. The number of benzene rings is 1. The van der Waals surface area contributed by atoms with Crippen molar-refractivity contribution in [2.75, 3.05) is 0 Å². The number of carbonyl (C=O) groups is 2. The van der Waals surface area contributed by atoms with Crippen LogP contribution in [-0.2, 0) is 17.6 Å². The average Bonchev–Trinajstić information content (AvgIpc) is 3.21. The van der Waals surface area contributed by atoms with Crippen LogP contribution in [0.5, 0.6) is 0 Å². The highest BCUT2D eigenvalue weighted by molar-refractivity contribution is 7.10. The molecule has 0 saturated carbocycles. The van der Waals surface area contributed by atoms with Gasteiger partial charge in [0, 0.05) is 17.7 Å². The van der Waals surface area contributed by atoms with Crippen LogP contribution in [0.3, 0.4) is 0 Å². The molecule has 0 bridgehead atoms. The summed E-state index contributed by atoms with van der Waals surface area (Å²) in [7, 11) is 0. The Morgan fingerprint density at radius 3 is 2.83 bits per heavy atom. The summed E-state index contributed by atoms with van der Waals surface area (Å²) in [5.41, 5.74) is 1.49. The van der Waals surface area contributed by atoms with Crippen molar-refractivity contribution in [3.63, 3.8) is 0 Å². The van der Waals surface area contributed by atoms with Gasteiger partial charge in [0.25, 0.3) is 5.78 Å². The van der Waals surface area contributed by atoms with E-state index in [-0.39, 0.29) is 18.1 Å². The normalized spacial score (nSPS) is 10.7. The minimum atomic E-state index is -0.775. The van der Waals surface area contributed by atoms with Crippen LogP contribution >= 0.6 is 11.3 Å². The number of Topliss-reactive ketones (excluding diaryl/α,β-unsaturated/α-hetero) is 2. The van der Waals surface area contributed by atoms with Crippen LogP contribution in [0.2, 0.25) is 0 Å². The van der Waals surface area contributed by atoms with Crippen LogP contribution in [0, 0.1) is 5.82 Å². The highest BCUT2D eigenvalue weighted by Crippen LogP contribution is 2.20. The molecular formula is C15H11FN4O2S. The van der Waals surface area contributed by atoms with Gasteiger partial charge in [0.1, 0.15) is 5.82 Å². The quantitative estimate of drug-likeness (QED) is 0.551. The lowest BCUT2D eigenvalue weighted by atomic mass is 10.1. The first-order valence-electron chi connectivity index (χ1n) is 6.74. The largest absolute Gasteiger partial charge is 0.290 e. The molecule has 2 aromatic heterocycles. The maximum absolute atomic E-state index is 13.6. The molecule has 0 radical (unpaired) electrons. The molecule has 1 aromatic carbocycles. The zero-order valence-corrected chi connectivity index (χ0v) is 12.6. The topological polar surface area (TPSA) is 88.6 Å². The SMILES string of the molecule is O=C(Cc1cc(Cc2ccccc2F)cs1)C(=O)c1nn[nH]n1. The van der Waals surface area contributed by atoms with E-state index in [0.29, 0.717) is 12.0 Å². The molecule has 0 aliphatic carbocycles. The van der Waals surface area contributed by atoms with Crippen LogP contribution in [-0.4, -0.2) is 32.2 Å². The first-order chi connectivity index (χ1) is 11.1. The Bertz CT molecular complexity index is 845. The summed E-state index contributed by atoms with van der Waals surface area (Å²) in [5, 5.41) is 14.2. The van der Waals surface area contributed by atoms with E-state index in [0.717, 1.165) is 10.4 Å². The lowest BCUT2D eigenvalue weighted by Crippen LogP contribution is -2.17. The number of aromatic amines is 1. The van der Waals surface area contributed by atoms with Gasteiger partial charge in [-0.2, -0.15) is 5.21 Å². The Morgan fingerprint density at radius 1 is 1.26 bits per heavy atom. The summed E-state index contributed by atoms with van der Waals surface area (Å²) >= 11 is 1.36. The van der Waals surface area contributed by atoms with Crippen molar-refractivity contribution in [3.8, 4) is 0 Å². The van der Waals surface area contributed by atoms with Gasteiger partial charge in [0.05, 0.1) is 0 Å². The number of nitrogens with zero attached hydrogens (tertiary/aromatic N) is 3. The van der Waals surface area contributed by atoms with Gasteiger partial charge in [-0.1, -0.05) is 18.2 Å². The van der Waals surface area contributed by atoms with Crippen molar-refractivity contribution < 1.29 is 14.0 Å². The van der Waals surface area contributed by atoms with Gasteiger partial charge in [0.2, 0.25) is 11.6 Å². The van der Waals surface area contributed by atoms with Gasteiger partial charge < -0.3 is 0 Å². The standard InChI is InChI=1S/C15H11FN4O2S/c16-12-4-2-1-3-10(12)5-9-6-11(23-8-9)7-13(21)14(22)15-17-19-20-18-15/h1-4,6,8H,5,7H2,(H,17,18,19,20). The predicted molar refractivity (Wildman–Crippen MR) is 80.7 cm³/mol. The Balaban J connectivity index is 1.67. The molecule has 0 unspecified atom stereocenters. The Morgan fingerprint density at radius 2 is 2.09 bits per heavy atom. The number of H-pyrrole nitrogens is 1. The third kappa shape index (κ3) is 3.54. The van der Waals surface area contributed by atoms with E-state index in [1.807, 2.05) is 5.38 Å². The van der Waals surface area contributed by atoms with E-state index < -0.39 is 11.6 Å². The van der Waals surface area contributed by atoms with E-state index in [9.17, 15) is 14.0 Å². The second-order valence-electron chi connectivity index (χ2n) is 4.85. The van der Waals surface area contributed by atoms with Crippen LogP contribution < -0.4 is 0 Å². The van der Waals surface area contributed by atoms with E-state index in [1.165, 1.54) is 17.4 Å². The third-order valence-corrected chi connectivity index (χ3v) is 4.18. The number of carbonyl (C=O) groups excluding carboxylic acids is 2. The second kappa shape index (κ2) is 6.57. The number of nitrogens with one attached hydrogen (secondary N) is 1. The van der Waals surface area contributed by atoms with Gasteiger partial charge in [-0.15, -0.1) is 21.5 Å². The molecule has 0 aliphatic rings. The fourth-order valence-electron chi connectivity index (χ4n) is 2.09. The summed E-state index contributed by atoms with van der Waals surface area (Å²) < 4.78 is 13.6. The van der Waals surface area contributed by atoms with Crippen molar-refractivity contribution in [2.45, 2.75) is 12.8 Å². The minimum absolute atomic E-state index is 0.0324. The van der Waals surface area contributed by atoms with Crippen LogP contribution in [0.4, 0.5) is 4.39 Å². The lowest BCUT2D eigenvalue weighted by Gasteiger charge is -2.00. The molecule has 0 saturated heterocycles. The van der Waals surface area contributed by atoms with Crippen molar-refractivity contribution in [1.29, 1.82) is 0 Å². The molecule has 0 aliphatic heterocycles. The fraction of sp³-hybridized carbons (Fsp3) is 0.133. The zero-order chi connectivity index (χ0) is 16.2. The summed E-state index contributed by atoms with van der Waals surface area (Å²) in [6.07, 6.45) is 0.408. The van der Waals surface area contributed by atoms with Crippen molar-refractivity contribution in [2.24, 2.45) is 0 Å². The molecule has 8 heteroatoms. The summed E-state index contributed by atoms with van der Waals surface area (Å²) in [6, 6.07) is 8.35. The molecule has 0 amide bonds. The van der Waals surface area contributed by atoms with E-state index >= 15 is 0 Å². The number of hydrogen-bond donors (Lipinski definition) is 1. The molecule has 0 fully saturated rings. The Hall–Kier alpha value is -2.74. The van der Waals surface area contributed by atoms with Gasteiger partial charge >= 0.3 is 0 Å². The number of rotatable bonds is 6. The number of halogens is 1. The number of aromatic nitrogens is 4. The van der Waals surface area contributed by atoms with Crippen molar-refractivity contribution in [1.82, 2.24) is 20.6 Å². The van der Waals surface area contributed by atoms with Crippen LogP contribution in [0.25, 0.3) is 0 Å². The number of ketones is 2. The molecule has 23 heavy (non-hydrogen) atoms. The molecule has 6 nitrogen and oxygen atoms in total. The van der Waals surface area contributed by atoms with Gasteiger partial charge in [-0.05, 0) is 33.9 Å². The summed E-state index contributed by atoms with van der Waals surface area (Å²) in [5.74, 6) is -1.88. The maximum Gasteiger partial charge on any atom is 0.269 e. The monoisotopic (exact) mass is 330 g/mol. The Labute approximate surface area is 134 Å². The fourth-order valence-corrected chi connectivity index (χ4v) is 2.98. The minimum Gasteiger partial charge on any atom is -0.290 e. The highest BCUT2D eigenvalue weighted by atomic mass is 32.1. The molecule has 116 valence electrons. The summed E-state index contributed by atoms with van der Waals surface area (Å²) in [6.45, 7) is 0. The summed E-state index contributed by atoms with van der Waals surface area (Å²) in [4.78, 5) is 24.4. The first-order valence-corrected chi connectivity index (χ1v) is 7.62. The lowest BCUT2D eigenvalue weighted by molar-refractivity contribution is -0.114. The molecule has 0 atom stereocenters. The zero-order valence-electron chi connectivity index (χ0n) is 11.8. The van der Waals surface area contributed by atoms with E-state index in [2.05, 4.69) is 20.6 Å². The maximum atomic E-state index is 13.6. The second-order valence-corrected chi connectivity index (χ2v) is 5.85. The average molecular weight is 330 g/mol. The van der Waals surface area contributed by atoms with E-state index in [1.54, 1.807) is 24.3 Å². The molecular weight excluding hydrogens is 319 g/mol. The molecule has 1 N–H and O–H groups in total. The third-order valence-electron chi connectivity index (χ3n) is 3.20. The number of thiophene rings is 1. The van der Waals surface area contributed by atoms with Gasteiger partial charge in [0.15, 0.2) is 0 Å². The van der Waals surface area contributed by atoms with Crippen molar-refractivity contribution in [3.05, 3.63) is 63.4 Å². The number of tetrazole rings is 1. The Kier molecular flexibility index (Phi) is 4.33. The van der Waals surface area contributed by atoms with Crippen LogP contribution in [0.1, 0.15) is 26.6 Å². The molecule has 2 heterocycles. The molecule has 0 spiro atoms. The van der Waals surface area contributed by atoms with Gasteiger partial charge in [-0.25, -0.2) is 4.39 Å². The molecule has 3 rings (SSSR count). The van der Waals surface area contributed by atoms with Crippen molar-refractivity contribution >= 4 is 22.9 Å². The predicted octanol–water partition coefficient (Wildman–Crippen LogP) is 1.99. The van der Waals surface area contributed by atoms with Crippen LogP contribution in [0.15, 0.2) is 35.7 Å². The number of hydrogen-bond acceptors (Lipinski definition) is 6. The first kappa shape index (κ1) is 15.2. The molecule has 3 aromatic rings. The highest BCUT2D eigenvalue weighted by Gasteiger charge is 2.21. The van der Waals surface area contributed by atoms with Gasteiger partial charge in [-0.3, -0.25) is 9.59 Å². The van der Waals surface area contributed by atoms with E-state index in [4.69, 9.17) is 0 Å².